The van der Waals surface area contributed by atoms with Crippen LogP contribution in [0.4, 0.5) is 0 Å². The number of nitrogens with zero attached hydrogens (tertiary/aromatic N) is 1. The molecule has 1 aliphatic carbocycles. The van der Waals surface area contributed by atoms with E-state index in [1.165, 1.54) is 12.8 Å². The van der Waals surface area contributed by atoms with E-state index >= 15 is 0 Å². The minimum atomic E-state index is -1.00. The summed E-state index contributed by atoms with van der Waals surface area (Å²) < 4.78 is 1.60. The average molecular weight is 274 g/mol. The molecule has 0 unspecified atom stereocenters. The number of nitrogens with one attached hydrogen (secondary N) is 1. The molecule has 2 N–H and O–H groups in total. The Morgan fingerprint density at radius 2 is 2.10 bits per heavy atom. The van der Waals surface area contributed by atoms with Crippen LogP contribution >= 0.6 is 0 Å². The maximum atomic E-state index is 12.2. The summed E-state index contributed by atoms with van der Waals surface area (Å²) in [6, 6.07) is 4.95. The highest BCUT2D eigenvalue weighted by molar-refractivity contribution is 6.01. The average Bonchev–Trinajstić information content (AvgIpc) is 2.95. The lowest BCUT2D eigenvalue weighted by molar-refractivity contribution is 0.0698. The molecule has 5 nitrogen and oxygen atoms in total. The first-order valence-electron chi connectivity index (χ1n) is 6.95. The van der Waals surface area contributed by atoms with Gasteiger partial charge in [-0.25, -0.2) is 9.59 Å². The Morgan fingerprint density at radius 3 is 2.75 bits per heavy atom. The number of fused-ring (bicyclic) bond motifs is 1. The van der Waals surface area contributed by atoms with Crippen molar-refractivity contribution in [3.63, 3.8) is 0 Å². The van der Waals surface area contributed by atoms with Gasteiger partial charge in [-0.05, 0) is 30.4 Å². The fourth-order valence-electron chi connectivity index (χ4n) is 3.31. The standard InChI is InChI=1S/C15H18N2O3/c1-15(7-2-3-8-15)9-17-12-10(13(18)19)5-4-6-11(12)16-14(17)20/h4-6H,2-3,7-9H2,1H3,(H,16,20)(H,18,19). The van der Waals surface area contributed by atoms with E-state index in [4.69, 9.17) is 0 Å². The van der Waals surface area contributed by atoms with Crippen LogP contribution in [0.1, 0.15) is 43.0 Å². The number of aromatic amines is 1. The van der Waals surface area contributed by atoms with Crippen molar-refractivity contribution in [1.29, 1.82) is 0 Å². The van der Waals surface area contributed by atoms with Crippen molar-refractivity contribution in [3.8, 4) is 0 Å². The monoisotopic (exact) mass is 274 g/mol. The minimum Gasteiger partial charge on any atom is -0.478 e. The number of H-pyrrole nitrogens is 1. The van der Waals surface area contributed by atoms with Crippen LogP contribution in [-0.4, -0.2) is 20.6 Å². The number of hydrogen-bond acceptors (Lipinski definition) is 2. The predicted octanol–water partition coefficient (Wildman–Crippen LogP) is 2.61. The number of rotatable bonds is 3. The quantitative estimate of drug-likeness (QED) is 0.903. The van der Waals surface area contributed by atoms with E-state index in [9.17, 15) is 14.7 Å². The topological polar surface area (TPSA) is 75.1 Å². The fourth-order valence-corrected chi connectivity index (χ4v) is 3.31. The zero-order chi connectivity index (χ0) is 14.3. The molecule has 1 saturated carbocycles. The summed E-state index contributed by atoms with van der Waals surface area (Å²) >= 11 is 0. The van der Waals surface area contributed by atoms with Crippen molar-refractivity contribution in [3.05, 3.63) is 34.2 Å². The van der Waals surface area contributed by atoms with E-state index in [0.29, 0.717) is 17.6 Å². The van der Waals surface area contributed by atoms with Gasteiger partial charge in [0.2, 0.25) is 0 Å². The molecule has 0 aliphatic heterocycles. The van der Waals surface area contributed by atoms with Crippen LogP contribution in [0.5, 0.6) is 0 Å². The van der Waals surface area contributed by atoms with E-state index in [2.05, 4.69) is 11.9 Å². The number of aromatic carboxylic acids is 1. The molecule has 5 heteroatoms. The van der Waals surface area contributed by atoms with Gasteiger partial charge in [0, 0.05) is 6.54 Å². The number of para-hydroxylation sites is 1. The van der Waals surface area contributed by atoms with E-state index < -0.39 is 5.97 Å². The van der Waals surface area contributed by atoms with Crippen LogP contribution in [0, 0.1) is 5.41 Å². The van der Waals surface area contributed by atoms with Gasteiger partial charge in [-0.2, -0.15) is 0 Å². The van der Waals surface area contributed by atoms with Crippen LogP contribution in [0.2, 0.25) is 0 Å². The summed E-state index contributed by atoms with van der Waals surface area (Å²) in [5.41, 5.74) is 1.16. The molecule has 20 heavy (non-hydrogen) atoms. The lowest BCUT2D eigenvalue weighted by Gasteiger charge is -2.24. The van der Waals surface area contributed by atoms with Gasteiger partial charge >= 0.3 is 11.7 Å². The zero-order valence-corrected chi connectivity index (χ0v) is 11.5. The summed E-state index contributed by atoms with van der Waals surface area (Å²) in [4.78, 5) is 26.3. The Bertz CT molecular complexity index is 720. The van der Waals surface area contributed by atoms with Gasteiger partial charge in [-0.3, -0.25) is 4.57 Å². The van der Waals surface area contributed by atoms with E-state index in [1.54, 1.807) is 22.8 Å². The highest BCUT2D eigenvalue weighted by Crippen LogP contribution is 2.39. The molecule has 1 heterocycles. The molecule has 0 spiro atoms. The molecular weight excluding hydrogens is 256 g/mol. The number of carboxylic acids is 1. The maximum absolute atomic E-state index is 12.2. The molecule has 0 bridgehead atoms. The van der Waals surface area contributed by atoms with Gasteiger partial charge in [-0.15, -0.1) is 0 Å². The summed E-state index contributed by atoms with van der Waals surface area (Å²) in [6.45, 7) is 2.75. The van der Waals surface area contributed by atoms with Crippen LogP contribution in [0.3, 0.4) is 0 Å². The van der Waals surface area contributed by atoms with Crippen molar-refractivity contribution >= 4 is 17.0 Å². The molecule has 0 atom stereocenters. The fraction of sp³-hybridized carbons (Fsp3) is 0.467. The number of benzene rings is 1. The second kappa shape index (κ2) is 4.51. The third-order valence-corrected chi connectivity index (χ3v) is 4.37. The van der Waals surface area contributed by atoms with Gasteiger partial charge in [0.15, 0.2) is 0 Å². The Kier molecular flexibility index (Phi) is 2.92. The second-order valence-corrected chi connectivity index (χ2v) is 6.04. The minimum absolute atomic E-state index is 0.0879. The van der Waals surface area contributed by atoms with E-state index in [0.717, 1.165) is 12.8 Å². The summed E-state index contributed by atoms with van der Waals surface area (Å²) in [5.74, 6) is -1.00. The van der Waals surface area contributed by atoms with E-state index in [-0.39, 0.29) is 16.7 Å². The zero-order valence-electron chi connectivity index (χ0n) is 11.5. The number of aromatic nitrogens is 2. The van der Waals surface area contributed by atoms with Gasteiger partial charge in [0.1, 0.15) is 0 Å². The summed E-state index contributed by atoms with van der Waals surface area (Å²) in [6.07, 6.45) is 4.53. The summed E-state index contributed by atoms with van der Waals surface area (Å²) in [5, 5.41) is 9.31. The first-order valence-corrected chi connectivity index (χ1v) is 6.95. The molecule has 1 aliphatic rings. The molecule has 0 radical (unpaired) electrons. The Hall–Kier alpha value is -2.04. The van der Waals surface area contributed by atoms with Crippen LogP contribution < -0.4 is 5.69 Å². The Labute approximate surface area is 116 Å². The Morgan fingerprint density at radius 1 is 1.40 bits per heavy atom. The predicted molar refractivity (Wildman–Crippen MR) is 76.1 cm³/mol. The molecule has 1 fully saturated rings. The van der Waals surface area contributed by atoms with Gasteiger partial charge in [0.25, 0.3) is 0 Å². The molecular formula is C15H18N2O3. The van der Waals surface area contributed by atoms with Crippen LogP contribution in [0.15, 0.2) is 23.0 Å². The Balaban J connectivity index is 2.17. The smallest absolute Gasteiger partial charge is 0.337 e. The SMILES string of the molecule is CC1(Cn2c(=O)[nH]c3cccc(C(=O)O)c32)CCCC1. The first-order chi connectivity index (χ1) is 9.50. The van der Waals surface area contributed by atoms with Crippen molar-refractivity contribution in [2.45, 2.75) is 39.2 Å². The molecule has 1 aromatic carbocycles. The van der Waals surface area contributed by atoms with Crippen LogP contribution in [0.25, 0.3) is 11.0 Å². The normalized spacial score (nSPS) is 17.6. The van der Waals surface area contributed by atoms with Crippen molar-refractivity contribution in [2.75, 3.05) is 0 Å². The molecule has 0 saturated heterocycles. The number of carbonyl (C=O) groups is 1. The third-order valence-electron chi connectivity index (χ3n) is 4.37. The second-order valence-electron chi connectivity index (χ2n) is 6.04. The number of imidazole rings is 1. The number of carboxylic acid groups (broad SMARTS) is 1. The van der Waals surface area contributed by atoms with Crippen molar-refractivity contribution in [2.24, 2.45) is 5.41 Å². The highest BCUT2D eigenvalue weighted by atomic mass is 16.4. The van der Waals surface area contributed by atoms with Crippen molar-refractivity contribution < 1.29 is 9.90 Å². The van der Waals surface area contributed by atoms with Gasteiger partial charge in [0.05, 0.1) is 16.6 Å². The molecule has 3 rings (SSSR count). The van der Waals surface area contributed by atoms with Gasteiger partial charge in [-0.1, -0.05) is 25.8 Å². The van der Waals surface area contributed by atoms with Crippen molar-refractivity contribution in [1.82, 2.24) is 9.55 Å². The lowest BCUT2D eigenvalue weighted by Crippen LogP contribution is -2.27. The largest absolute Gasteiger partial charge is 0.478 e. The molecule has 2 aromatic rings. The lowest BCUT2D eigenvalue weighted by atomic mass is 9.89. The first kappa shape index (κ1) is 13.0. The molecule has 0 amide bonds. The highest BCUT2D eigenvalue weighted by Gasteiger charge is 2.30. The molecule has 1 aromatic heterocycles. The maximum Gasteiger partial charge on any atom is 0.337 e. The number of hydrogen-bond donors (Lipinski definition) is 2. The van der Waals surface area contributed by atoms with Crippen LogP contribution in [-0.2, 0) is 6.54 Å². The van der Waals surface area contributed by atoms with Gasteiger partial charge < -0.3 is 10.1 Å². The van der Waals surface area contributed by atoms with E-state index in [1.807, 2.05) is 0 Å². The third kappa shape index (κ3) is 2.03. The summed E-state index contributed by atoms with van der Waals surface area (Å²) in [7, 11) is 0. The molecule has 106 valence electrons.